The van der Waals surface area contributed by atoms with Crippen LogP contribution in [0.4, 0.5) is 5.95 Å². The average Bonchev–Trinajstić information content (AvgIpc) is 2.95. The lowest BCUT2D eigenvalue weighted by atomic mass is 10.1. The Morgan fingerprint density at radius 1 is 1.08 bits per heavy atom. The van der Waals surface area contributed by atoms with Crippen LogP contribution in [0.1, 0.15) is 30.5 Å². The molecule has 2 aromatic rings. The molecule has 136 valence electrons. The van der Waals surface area contributed by atoms with Crippen LogP contribution in [0.15, 0.2) is 23.4 Å². The van der Waals surface area contributed by atoms with Gasteiger partial charge in [0.2, 0.25) is 5.95 Å². The van der Waals surface area contributed by atoms with E-state index in [1.807, 2.05) is 0 Å². The number of thioether (sulfide) groups is 1. The van der Waals surface area contributed by atoms with Gasteiger partial charge in [-0.3, -0.25) is 4.57 Å². The van der Waals surface area contributed by atoms with Crippen LogP contribution >= 0.6 is 11.8 Å². The Labute approximate surface area is 154 Å². The zero-order valence-electron chi connectivity index (χ0n) is 15.7. The van der Waals surface area contributed by atoms with Crippen molar-refractivity contribution in [2.75, 3.05) is 31.2 Å². The van der Waals surface area contributed by atoms with Gasteiger partial charge >= 0.3 is 0 Å². The van der Waals surface area contributed by atoms with Crippen LogP contribution in [0.2, 0.25) is 0 Å². The molecule has 0 N–H and O–H groups in total. The Hall–Kier alpha value is -1.53. The second-order valence-electron chi connectivity index (χ2n) is 7.17. The Morgan fingerprint density at radius 2 is 1.76 bits per heavy atom. The molecule has 0 unspecified atom stereocenters. The largest absolute Gasteiger partial charge is 0.378 e. The molecule has 1 saturated heterocycles. The number of rotatable bonds is 6. The topological polar surface area (TPSA) is 43.2 Å². The second-order valence-corrected chi connectivity index (χ2v) is 8.11. The molecule has 0 bridgehead atoms. The fourth-order valence-electron chi connectivity index (χ4n) is 3.21. The maximum Gasteiger partial charge on any atom is 0.228 e. The lowest BCUT2D eigenvalue weighted by molar-refractivity contribution is 0.121. The van der Waals surface area contributed by atoms with Gasteiger partial charge in [-0.2, -0.15) is 0 Å². The third kappa shape index (κ3) is 4.76. The first-order valence-corrected chi connectivity index (χ1v) is 9.97. The summed E-state index contributed by atoms with van der Waals surface area (Å²) >= 11 is 1.78. The van der Waals surface area contributed by atoms with Crippen molar-refractivity contribution in [2.24, 2.45) is 5.92 Å². The van der Waals surface area contributed by atoms with Gasteiger partial charge in [-0.25, -0.2) is 0 Å². The van der Waals surface area contributed by atoms with Crippen molar-refractivity contribution in [1.29, 1.82) is 0 Å². The number of nitrogens with zero attached hydrogens (tertiary/aromatic N) is 4. The van der Waals surface area contributed by atoms with Gasteiger partial charge in [-0.15, -0.1) is 10.2 Å². The van der Waals surface area contributed by atoms with E-state index in [4.69, 9.17) is 4.74 Å². The SMILES string of the molecule is Cc1cc(C)cc(CSc2nnc(N3CCOCC3)n2CC(C)C)c1. The molecular formula is C19H28N4OS. The number of aromatic nitrogens is 3. The summed E-state index contributed by atoms with van der Waals surface area (Å²) in [7, 11) is 0. The molecule has 2 heterocycles. The van der Waals surface area contributed by atoms with E-state index < -0.39 is 0 Å². The summed E-state index contributed by atoms with van der Waals surface area (Å²) < 4.78 is 7.75. The molecule has 0 spiro atoms. The van der Waals surface area contributed by atoms with Crippen LogP contribution in [0.25, 0.3) is 0 Å². The summed E-state index contributed by atoms with van der Waals surface area (Å²) in [4.78, 5) is 2.29. The molecule has 25 heavy (non-hydrogen) atoms. The average molecular weight is 361 g/mol. The van der Waals surface area contributed by atoms with E-state index in [1.54, 1.807) is 11.8 Å². The maximum absolute atomic E-state index is 5.47. The van der Waals surface area contributed by atoms with Gasteiger partial charge in [-0.05, 0) is 25.3 Å². The predicted molar refractivity (Wildman–Crippen MR) is 103 cm³/mol. The minimum absolute atomic E-state index is 0.552. The van der Waals surface area contributed by atoms with E-state index in [0.29, 0.717) is 5.92 Å². The third-order valence-corrected chi connectivity index (χ3v) is 5.23. The molecule has 1 aromatic heterocycles. The Kier molecular flexibility index (Phi) is 6.02. The molecule has 0 saturated carbocycles. The summed E-state index contributed by atoms with van der Waals surface area (Å²) in [5, 5.41) is 10.0. The van der Waals surface area contributed by atoms with Gasteiger partial charge in [0.1, 0.15) is 0 Å². The van der Waals surface area contributed by atoms with Gasteiger partial charge in [0.15, 0.2) is 5.16 Å². The minimum atomic E-state index is 0.552. The molecule has 0 aliphatic carbocycles. The Balaban J connectivity index is 1.78. The third-order valence-electron chi connectivity index (χ3n) is 4.19. The number of benzene rings is 1. The summed E-state index contributed by atoms with van der Waals surface area (Å²) in [6.45, 7) is 13.0. The van der Waals surface area contributed by atoms with Crippen LogP contribution in [-0.2, 0) is 17.0 Å². The summed E-state index contributed by atoms with van der Waals surface area (Å²) in [5.41, 5.74) is 3.97. The summed E-state index contributed by atoms with van der Waals surface area (Å²) in [6.07, 6.45) is 0. The minimum Gasteiger partial charge on any atom is -0.378 e. The van der Waals surface area contributed by atoms with Gasteiger partial charge in [0.25, 0.3) is 0 Å². The lowest BCUT2D eigenvalue weighted by Crippen LogP contribution is -2.38. The first-order valence-electron chi connectivity index (χ1n) is 8.99. The fourth-order valence-corrected chi connectivity index (χ4v) is 4.08. The van der Waals surface area contributed by atoms with Crippen molar-refractivity contribution in [3.05, 3.63) is 34.9 Å². The molecule has 0 atom stereocenters. The van der Waals surface area contributed by atoms with E-state index in [0.717, 1.165) is 49.7 Å². The molecule has 6 heteroatoms. The van der Waals surface area contributed by atoms with Gasteiger partial charge in [0.05, 0.1) is 13.2 Å². The van der Waals surface area contributed by atoms with Crippen molar-refractivity contribution in [3.63, 3.8) is 0 Å². The molecule has 1 aliphatic heterocycles. The first kappa shape index (κ1) is 18.3. The number of hydrogen-bond donors (Lipinski definition) is 0. The van der Waals surface area contributed by atoms with Crippen LogP contribution < -0.4 is 4.90 Å². The number of aryl methyl sites for hydroxylation is 2. The predicted octanol–water partition coefficient (Wildman–Crippen LogP) is 3.68. The van der Waals surface area contributed by atoms with Crippen molar-refractivity contribution >= 4 is 17.7 Å². The molecule has 5 nitrogen and oxygen atoms in total. The van der Waals surface area contributed by atoms with Crippen molar-refractivity contribution in [1.82, 2.24) is 14.8 Å². The van der Waals surface area contributed by atoms with Crippen LogP contribution in [0, 0.1) is 19.8 Å². The Bertz CT molecular complexity index is 687. The van der Waals surface area contributed by atoms with Gasteiger partial charge in [0, 0.05) is 25.4 Å². The van der Waals surface area contributed by atoms with Crippen molar-refractivity contribution < 1.29 is 4.74 Å². The number of hydrogen-bond acceptors (Lipinski definition) is 5. The van der Waals surface area contributed by atoms with Gasteiger partial charge < -0.3 is 9.64 Å². The zero-order valence-corrected chi connectivity index (χ0v) is 16.5. The molecule has 0 amide bonds. The second kappa shape index (κ2) is 8.23. The highest BCUT2D eigenvalue weighted by atomic mass is 32.2. The summed E-state index contributed by atoms with van der Waals surface area (Å²) in [5.74, 6) is 2.46. The Morgan fingerprint density at radius 3 is 2.40 bits per heavy atom. The molecule has 3 rings (SSSR count). The maximum atomic E-state index is 5.47. The highest BCUT2D eigenvalue weighted by Crippen LogP contribution is 2.27. The fraction of sp³-hybridized carbons (Fsp3) is 0.579. The van der Waals surface area contributed by atoms with Crippen molar-refractivity contribution in [3.8, 4) is 0 Å². The zero-order chi connectivity index (χ0) is 17.8. The quantitative estimate of drug-likeness (QED) is 0.735. The van der Waals surface area contributed by atoms with Gasteiger partial charge in [-0.1, -0.05) is 54.9 Å². The van der Waals surface area contributed by atoms with E-state index in [-0.39, 0.29) is 0 Å². The van der Waals surface area contributed by atoms with Crippen LogP contribution in [0.3, 0.4) is 0 Å². The van der Waals surface area contributed by atoms with Crippen LogP contribution in [-0.4, -0.2) is 41.1 Å². The van der Waals surface area contributed by atoms with Crippen LogP contribution in [0.5, 0.6) is 0 Å². The normalized spacial score (nSPS) is 15.2. The molecule has 1 fully saturated rings. The van der Waals surface area contributed by atoms with E-state index in [2.05, 4.69) is 65.6 Å². The monoisotopic (exact) mass is 360 g/mol. The standard InChI is InChI=1S/C19H28N4OS/c1-14(2)12-23-18(22-5-7-24-8-6-22)20-21-19(23)25-13-17-10-15(3)9-16(4)11-17/h9-11,14H,5-8,12-13H2,1-4H3. The van der Waals surface area contributed by atoms with E-state index in [1.165, 1.54) is 16.7 Å². The number of ether oxygens (including phenoxy) is 1. The molecule has 1 aliphatic rings. The van der Waals surface area contributed by atoms with E-state index >= 15 is 0 Å². The smallest absolute Gasteiger partial charge is 0.228 e. The molecule has 1 aromatic carbocycles. The van der Waals surface area contributed by atoms with E-state index in [9.17, 15) is 0 Å². The number of anilines is 1. The highest BCUT2D eigenvalue weighted by molar-refractivity contribution is 7.98. The first-order chi connectivity index (χ1) is 12.0. The summed E-state index contributed by atoms with van der Waals surface area (Å²) in [6, 6.07) is 6.73. The molecule has 0 radical (unpaired) electrons. The molecular weight excluding hydrogens is 332 g/mol. The lowest BCUT2D eigenvalue weighted by Gasteiger charge is -2.28. The number of morpholine rings is 1. The highest BCUT2D eigenvalue weighted by Gasteiger charge is 2.21. The van der Waals surface area contributed by atoms with Crippen molar-refractivity contribution in [2.45, 2.75) is 45.1 Å².